The lowest BCUT2D eigenvalue weighted by molar-refractivity contribution is -0.137. The monoisotopic (exact) mass is 376 g/mol. The number of carbonyl (C=O) groups is 2. The summed E-state index contributed by atoms with van der Waals surface area (Å²) in [6.07, 6.45) is 2.36. The van der Waals surface area contributed by atoms with Crippen molar-refractivity contribution in [3.63, 3.8) is 0 Å². The van der Waals surface area contributed by atoms with E-state index in [0.717, 1.165) is 0 Å². The number of hydrogen-bond acceptors (Lipinski definition) is 5. The van der Waals surface area contributed by atoms with E-state index in [-0.39, 0.29) is 17.8 Å². The number of carboxylic acids is 1. The lowest BCUT2D eigenvalue weighted by atomic mass is 10.1. The first-order valence-electron chi connectivity index (χ1n) is 8.93. The minimum Gasteiger partial charge on any atom is -0.480 e. The highest BCUT2D eigenvalue weighted by molar-refractivity contribution is 5.75. The van der Waals surface area contributed by atoms with E-state index in [4.69, 9.17) is 9.84 Å². The average molecular weight is 376 g/mol. The number of carboxylic acid groups (broad SMARTS) is 1. The number of aromatic nitrogens is 3. The molecule has 1 N–H and O–H groups in total. The molecule has 3 heterocycles. The van der Waals surface area contributed by atoms with Crippen LogP contribution in [0.5, 0.6) is 0 Å². The third-order valence-electron chi connectivity index (χ3n) is 4.50. The Morgan fingerprint density at radius 3 is 2.56 bits per heavy atom. The van der Waals surface area contributed by atoms with Crippen LogP contribution in [-0.4, -0.2) is 54.9 Å². The van der Waals surface area contributed by atoms with Gasteiger partial charge in [-0.25, -0.2) is 14.6 Å². The van der Waals surface area contributed by atoms with Gasteiger partial charge in [-0.3, -0.25) is 13.9 Å². The van der Waals surface area contributed by atoms with Crippen molar-refractivity contribution in [1.82, 2.24) is 19.0 Å². The van der Waals surface area contributed by atoms with Gasteiger partial charge in [0.15, 0.2) is 5.65 Å². The van der Waals surface area contributed by atoms with Gasteiger partial charge in [-0.15, -0.1) is 0 Å². The van der Waals surface area contributed by atoms with Gasteiger partial charge in [-0.05, 0) is 45.7 Å². The fourth-order valence-corrected chi connectivity index (χ4v) is 3.36. The second-order valence-electron chi connectivity index (χ2n) is 7.68. The van der Waals surface area contributed by atoms with Gasteiger partial charge < -0.3 is 14.7 Å². The smallest absolute Gasteiger partial charge is 0.410 e. The average Bonchev–Trinajstić information content (AvgIpc) is 2.85. The second-order valence-corrected chi connectivity index (χ2v) is 7.68. The molecule has 146 valence electrons. The normalized spacial score (nSPS) is 15.9. The molecule has 2 aromatic heterocycles. The Balaban J connectivity index is 1.84. The van der Waals surface area contributed by atoms with Gasteiger partial charge in [-0.1, -0.05) is 0 Å². The Labute approximate surface area is 156 Å². The van der Waals surface area contributed by atoms with Crippen molar-refractivity contribution in [2.45, 2.75) is 51.8 Å². The number of imidazole rings is 1. The minimum absolute atomic E-state index is 0.149. The molecular formula is C18H24N4O5. The van der Waals surface area contributed by atoms with Crippen LogP contribution >= 0.6 is 0 Å². The molecule has 1 aliphatic heterocycles. The molecule has 0 atom stereocenters. The highest BCUT2D eigenvalue weighted by Gasteiger charge is 2.30. The van der Waals surface area contributed by atoms with Crippen LogP contribution in [0.2, 0.25) is 0 Å². The molecule has 1 aliphatic rings. The molecule has 1 saturated heterocycles. The van der Waals surface area contributed by atoms with Crippen LogP contribution in [-0.2, 0) is 16.1 Å². The third-order valence-corrected chi connectivity index (χ3v) is 4.50. The predicted octanol–water partition coefficient (Wildman–Crippen LogP) is 1.85. The van der Waals surface area contributed by atoms with Crippen molar-refractivity contribution in [3.8, 4) is 0 Å². The number of fused-ring (bicyclic) bond motifs is 1. The highest BCUT2D eigenvalue weighted by atomic mass is 16.6. The quantitative estimate of drug-likeness (QED) is 0.876. The van der Waals surface area contributed by atoms with Gasteiger partial charge >= 0.3 is 17.8 Å². The van der Waals surface area contributed by atoms with E-state index in [1.165, 1.54) is 4.57 Å². The van der Waals surface area contributed by atoms with Crippen molar-refractivity contribution < 1.29 is 19.4 Å². The predicted molar refractivity (Wildman–Crippen MR) is 97.7 cm³/mol. The molecule has 0 saturated carbocycles. The summed E-state index contributed by atoms with van der Waals surface area (Å²) in [6, 6.07) is 3.22. The molecule has 0 spiro atoms. The van der Waals surface area contributed by atoms with Crippen LogP contribution in [0.25, 0.3) is 11.2 Å². The van der Waals surface area contributed by atoms with Crippen molar-refractivity contribution in [1.29, 1.82) is 0 Å². The third kappa shape index (κ3) is 3.96. The maximum atomic E-state index is 12.8. The van der Waals surface area contributed by atoms with Gasteiger partial charge in [0.05, 0.1) is 5.52 Å². The number of aliphatic carboxylic acids is 1. The number of piperidine rings is 1. The summed E-state index contributed by atoms with van der Waals surface area (Å²) in [6.45, 7) is 5.97. The topological polar surface area (TPSA) is 107 Å². The molecule has 0 bridgehead atoms. The Morgan fingerprint density at radius 2 is 1.96 bits per heavy atom. The van der Waals surface area contributed by atoms with Crippen molar-refractivity contribution >= 4 is 23.2 Å². The molecule has 27 heavy (non-hydrogen) atoms. The number of pyridine rings is 1. The van der Waals surface area contributed by atoms with Crippen LogP contribution in [0.3, 0.4) is 0 Å². The summed E-state index contributed by atoms with van der Waals surface area (Å²) in [5.41, 5.74) is 0.0275. The number of hydrogen-bond donors (Lipinski definition) is 1. The number of ether oxygens (including phenoxy) is 1. The van der Waals surface area contributed by atoms with Crippen LogP contribution in [0.1, 0.15) is 39.7 Å². The molecule has 0 aliphatic carbocycles. The van der Waals surface area contributed by atoms with Gasteiger partial charge in [0.25, 0.3) is 0 Å². The molecule has 2 aromatic rings. The molecule has 0 unspecified atom stereocenters. The minimum atomic E-state index is -1.08. The Kier molecular flexibility index (Phi) is 4.95. The van der Waals surface area contributed by atoms with Crippen LogP contribution in [0.4, 0.5) is 4.79 Å². The highest BCUT2D eigenvalue weighted by Crippen LogP contribution is 2.25. The van der Waals surface area contributed by atoms with Crippen LogP contribution < -0.4 is 5.69 Å². The molecule has 1 amide bonds. The zero-order chi connectivity index (χ0) is 19.8. The van der Waals surface area contributed by atoms with E-state index < -0.39 is 18.1 Å². The fraction of sp³-hybridized carbons (Fsp3) is 0.556. The summed E-state index contributed by atoms with van der Waals surface area (Å²) >= 11 is 0. The van der Waals surface area contributed by atoms with Crippen LogP contribution in [0, 0.1) is 0 Å². The maximum absolute atomic E-state index is 12.8. The van der Waals surface area contributed by atoms with Crippen LogP contribution in [0.15, 0.2) is 23.1 Å². The first-order valence-corrected chi connectivity index (χ1v) is 8.93. The molecule has 0 radical (unpaired) electrons. The van der Waals surface area contributed by atoms with Crippen molar-refractivity contribution in [2.24, 2.45) is 0 Å². The maximum Gasteiger partial charge on any atom is 0.410 e. The summed E-state index contributed by atoms with van der Waals surface area (Å²) in [7, 11) is 0. The molecule has 3 rings (SSSR count). The first-order chi connectivity index (χ1) is 12.7. The van der Waals surface area contributed by atoms with Gasteiger partial charge in [-0.2, -0.15) is 0 Å². The Hall–Kier alpha value is -2.84. The summed E-state index contributed by atoms with van der Waals surface area (Å²) in [5.74, 6) is -1.08. The number of amides is 1. The van der Waals surface area contributed by atoms with Gasteiger partial charge in [0, 0.05) is 25.3 Å². The SMILES string of the molecule is CC(C)(C)OC(=O)N1CCC(n2c(=O)n(CC(=O)O)c3cccnc32)CC1. The molecular weight excluding hydrogens is 352 g/mol. The molecule has 9 heteroatoms. The first kappa shape index (κ1) is 18.9. The lowest BCUT2D eigenvalue weighted by Gasteiger charge is -2.33. The summed E-state index contributed by atoms with van der Waals surface area (Å²) in [5, 5.41) is 9.11. The standard InChI is InChI=1S/C18H24N4O5/c1-18(2,3)27-17(26)20-9-6-12(7-10-20)22-15-13(5-4-8-19-15)21(16(22)25)11-14(23)24/h4-5,8,12H,6-7,9-11H2,1-3H3,(H,23,24). The van der Waals surface area contributed by atoms with E-state index in [1.807, 2.05) is 20.8 Å². The van der Waals surface area contributed by atoms with E-state index >= 15 is 0 Å². The van der Waals surface area contributed by atoms with Gasteiger partial charge in [0.1, 0.15) is 12.1 Å². The van der Waals surface area contributed by atoms with Crippen molar-refractivity contribution in [3.05, 3.63) is 28.8 Å². The van der Waals surface area contributed by atoms with E-state index in [1.54, 1.807) is 27.8 Å². The molecule has 0 aromatic carbocycles. The summed E-state index contributed by atoms with van der Waals surface area (Å²) in [4.78, 5) is 42.1. The number of rotatable bonds is 3. The Bertz CT molecular complexity index is 916. The zero-order valence-corrected chi connectivity index (χ0v) is 15.7. The summed E-state index contributed by atoms with van der Waals surface area (Å²) < 4.78 is 8.18. The largest absolute Gasteiger partial charge is 0.480 e. The molecule has 9 nitrogen and oxygen atoms in total. The van der Waals surface area contributed by atoms with Gasteiger partial charge in [0.2, 0.25) is 0 Å². The lowest BCUT2D eigenvalue weighted by Crippen LogP contribution is -2.43. The van der Waals surface area contributed by atoms with E-state index in [0.29, 0.717) is 37.1 Å². The number of likely N-dealkylation sites (tertiary alicyclic amines) is 1. The van der Waals surface area contributed by atoms with E-state index in [2.05, 4.69) is 4.98 Å². The zero-order valence-electron chi connectivity index (χ0n) is 15.7. The van der Waals surface area contributed by atoms with Crippen molar-refractivity contribution in [2.75, 3.05) is 13.1 Å². The number of carbonyl (C=O) groups excluding carboxylic acids is 1. The molecule has 1 fully saturated rings. The number of nitrogens with zero attached hydrogens (tertiary/aromatic N) is 4. The second kappa shape index (κ2) is 7.05. The Morgan fingerprint density at radius 1 is 1.30 bits per heavy atom. The fourth-order valence-electron chi connectivity index (χ4n) is 3.36. The van der Waals surface area contributed by atoms with E-state index in [9.17, 15) is 14.4 Å².